The van der Waals surface area contributed by atoms with E-state index >= 15 is 0 Å². The highest BCUT2D eigenvalue weighted by Crippen LogP contribution is 2.57. The molecule has 12 aromatic rings. The number of furan rings is 1. The van der Waals surface area contributed by atoms with Crippen LogP contribution in [0.15, 0.2) is 241 Å². The van der Waals surface area contributed by atoms with Gasteiger partial charge in [0.2, 0.25) is 0 Å². The van der Waals surface area contributed by atoms with Crippen LogP contribution in [0, 0.1) is 0 Å². The summed E-state index contributed by atoms with van der Waals surface area (Å²) in [5.41, 5.74) is 16.8. The van der Waals surface area contributed by atoms with Crippen molar-refractivity contribution in [3.05, 3.63) is 259 Å². The van der Waals surface area contributed by atoms with E-state index in [-0.39, 0.29) is 0 Å². The summed E-state index contributed by atoms with van der Waals surface area (Å²) in [6.07, 6.45) is 0. The average Bonchev–Trinajstić information content (AvgIpc) is 4.03. The zero-order chi connectivity index (χ0) is 42.2. The first-order valence-electron chi connectivity index (χ1n) is 21.9. The van der Waals surface area contributed by atoms with Gasteiger partial charge in [0.15, 0.2) is 0 Å². The molecule has 2 heterocycles. The summed E-state index contributed by atoms with van der Waals surface area (Å²) in [5, 5.41) is 4.69. The minimum absolute atomic E-state index is 0.548. The Hall–Kier alpha value is -7.98. The van der Waals surface area contributed by atoms with Gasteiger partial charge >= 0.3 is 0 Å². The first-order chi connectivity index (χ1) is 31.7. The molecule has 13 rings (SSSR count). The zero-order valence-electron chi connectivity index (χ0n) is 34.8. The van der Waals surface area contributed by atoms with Gasteiger partial charge < -0.3 is 9.32 Å². The van der Waals surface area contributed by atoms with E-state index in [4.69, 9.17) is 4.42 Å². The summed E-state index contributed by atoms with van der Waals surface area (Å²) in [7, 11) is 0. The summed E-state index contributed by atoms with van der Waals surface area (Å²) >= 11 is 1.86. The molecule has 0 fully saturated rings. The molecule has 0 saturated carbocycles. The normalized spacial score (nSPS) is 12.8. The lowest BCUT2D eigenvalue weighted by Gasteiger charge is -2.35. The van der Waals surface area contributed by atoms with E-state index in [0.29, 0.717) is 0 Å². The van der Waals surface area contributed by atoms with Crippen LogP contribution in [0.3, 0.4) is 0 Å². The van der Waals surface area contributed by atoms with E-state index in [1.807, 2.05) is 11.3 Å². The molecule has 2 nitrogen and oxygen atoms in total. The highest BCUT2D eigenvalue weighted by Gasteiger charge is 2.46. The Kier molecular flexibility index (Phi) is 8.34. The van der Waals surface area contributed by atoms with Crippen LogP contribution in [-0.4, -0.2) is 0 Å². The number of rotatable bonds is 7. The Morgan fingerprint density at radius 3 is 1.75 bits per heavy atom. The maximum absolute atomic E-state index is 6.72. The summed E-state index contributed by atoms with van der Waals surface area (Å²) in [6, 6.07) is 86.6. The van der Waals surface area contributed by atoms with Crippen LogP contribution in [-0.2, 0) is 5.41 Å². The monoisotopic (exact) mass is 833 g/mol. The minimum atomic E-state index is -0.548. The quantitative estimate of drug-likeness (QED) is 0.159. The third-order valence-corrected chi connectivity index (χ3v) is 14.5. The maximum Gasteiger partial charge on any atom is 0.137 e. The summed E-state index contributed by atoms with van der Waals surface area (Å²) in [5.74, 6) is 0. The molecule has 64 heavy (non-hydrogen) atoms. The standard InChI is InChI=1S/C61H39NOS/c1-4-17-40(18-5-1)42-33-35-55-50(37-42)60-54(30-16-31-56(60)63-55)62(46-34-36-57-51(39-46)59-47(27-15-32-58(59)64-57)41-19-6-2-7-20-41)45-24-14-23-44(38-45)61(43-21-8-3-9-22-43)52-28-12-10-25-48(52)49-26-11-13-29-53(49)61/h1-39H. The fraction of sp³-hybridized carbons (Fsp3) is 0.0164. The molecule has 10 aromatic carbocycles. The topological polar surface area (TPSA) is 16.4 Å². The molecule has 300 valence electrons. The van der Waals surface area contributed by atoms with Gasteiger partial charge in [-0.2, -0.15) is 0 Å². The van der Waals surface area contributed by atoms with E-state index in [1.165, 1.54) is 70.2 Å². The molecule has 2 aromatic heterocycles. The lowest BCUT2D eigenvalue weighted by molar-refractivity contribution is 0.669. The summed E-state index contributed by atoms with van der Waals surface area (Å²) in [6.45, 7) is 0. The average molecular weight is 834 g/mol. The molecule has 0 saturated heterocycles. The molecule has 0 amide bonds. The van der Waals surface area contributed by atoms with Gasteiger partial charge in [-0.15, -0.1) is 11.3 Å². The van der Waals surface area contributed by atoms with E-state index in [1.54, 1.807) is 0 Å². The van der Waals surface area contributed by atoms with Crippen molar-refractivity contribution in [2.45, 2.75) is 5.41 Å². The fourth-order valence-electron chi connectivity index (χ4n) is 10.6. The van der Waals surface area contributed by atoms with Crippen LogP contribution in [0.2, 0.25) is 0 Å². The van der Waals surface area contributed by atoms with Gasteiger partial charge in [-0.1, -0.05) is 176 Å². The second-order valence-electron chi connectivity index (χ2n) is 16.7. The molecular weight excluding hydrogens is 795 g/mol. The van der Waals surface area contributed by atoms with Crippen LogP contribution >= 0.6 is 11.3 Å². The van der Waals surface area contributed by atoms with Crippen molar-refractivity contribution >= 4 is 70.5 Å². The van der Waals surface area contributed by atoms with Gasteiger partial charge in [0.25, 0.3) is 0 Å². The number of fused-ring (bicyclic) bond motifs is 9. The smallest absolute Gasteiger partial charge is 0.137 e. The van der Waals surface area contributed by atoms with Crippen molar-refractivity contribution < 1.29 is 4.42 Å². The number of hydrogen-bond acceptors (Lipinski definition) is 3. The van der Waals surface area contributed by atoms with Crippen molar-refractivity contribution in [2.24, 2.45) is 0 Å². The van der Waals surface area contributed by atoms with E-state index < -0.39 is 5.41 Å². The number of benzene rings is 10. The second kappa shape index (κ2) is 14.6. The fourth-order valence-corrected chi connectivity index (χ4v) is 11.7. The second-order valence-corrected chi connectivity index (χ2v) is 17.8. The molecule has 3 heteroatoms. The first-order valence-corrected chi connectivity index (χ1v) is 22.7. The number of hydrogen-bond donors (Lipinski definition) is 0. The third-order valence-electron chi connectivity index (χ3n) is 13.3. The minimum Gasteiger partial charge on any atom is -0.456 e. The van der Waals surface area contributed by atoms with Gasteiger partial charge in [-0.25, -0.2) is 0 Å². The third kappa shape index (κ3) is 5.51. The molecule has 0 radical (unpaired) electrons. The Bertz CT molecular complexity index is 3690. The van der Waals surface area contributed by atoms with Crippen LogP contribution in [0.4, 0.5) is 17.1 Å². The van der Waals surface area contributed by atoms with Gasteiger partial charge in [0.1, 0.15) is 11.2 Å². The number of thiophene rings is 1. The predicted octanol–water partition coefficient (Wildman–Crippen LogP) is 17.1. The molecule has 1 aliphatic rings. The number of anilines is 3. The first kappa shape index (κ1) is 36.7. The Morgan fingerprint density at radius 2 is 0.984 bits per heavy atom. The van der Waals surface area contributed by atoms with Crippen molar-refractivity contribution in [1.29, 1.82) is 0 Å². The van der Waals surface area contributed by atoms with Gasteiger partial charge in [-0.3, -0.25) is 0 Å². The van der Waals surface area contributed by atoms with Gasteiger partial charge in [0.05, 0.1) is 16.5 Å². The molecule has 0 spiro atoms. The lowest BCUT2D eigenvalue weighted by atomic mass is 9.67. The van der Waals surface area contributed by atoms with Crippen LogP contribution in [0.1, 0.15) is 22.3 Å². The van der Waals surface area contributed by atoms with E-state index in [2.05, 4.69) is 241 Å². The van der Waals surface area contributed by atoms with E-state index in [9.17, 15) is 0 Å². The van der Waals surface area contributed by atoms with Crippen LogP contribution in [0.25, 0.3) is 75.5 Å². The lowest BCUT2D eigenvalue weighted by Crippen LogP contribution is -2.28. The van der Waals surface area contributed by atoms with Gasteiger partial charge in [-0.05, 0) is 116 Å². The van der Waals surface area contributed by atoms with Crippen LogP contribution in [0.5, 0.6) is 0 Å². The van der Waals surface area contributed by atoms with Crippen molar-refractivity contribution in [2.75, 3.05) is 4.90 Å². The molecule has 0 atom stereocenters. The van der Waals surface area contributed by atoms with E-state index in [0.717, 1.165) is 44.6 Å². The largest absolute Gasteiger partial charge is 0.456 e. The number of nitrogens with zero attached hydrogens (tertiary/aromatic N) is 1. The Labute approximate surface area is 375 Å². The highest BCUT2D eigenvalue weighted by atomic mass is 32.1. The molecular formula is C61H39NOS. The van der Waals surface area contributed by atoms with Gasteiger partial charge in [0, 0.05) is 36.9 Å². The predicted molar refractivity (Wildman–Crippen MR) is 269 cm³/mol. The molecule has 1 aliphatic carbocycles. The molecule has 0 aliphatic heterocycles. The molecule has 0 bridgehead atoms. The summed E-state index contributed by atoms with van der Waals surface area (Å²) < 4.78 is 9.26. The SMILES string of the molecule is c1ccc(-c2ccc3oc4cccc(N(c5cccc(C6(c7ccccc7)c7ccccc7-c7ccccc76)c5)c5ccc6sc7cccc(-c8ccccc8)c7c6c5)c4c3c2)cc1. The van der Waals surface area contributed by atoms with Crippen molar-refractivity contribution in [3.63, 3.8) is 0 Å². The Morgan fingerprint density at radius 1 is 0.359 bits per heavy atom. The zero-order valence-corrected chi connectivity index (χ0v) is 35.6. The molecule has 0 unspecified atom stereocenters. The molecule has 0 N–H and O–H groups in total. The van der Waals surface area contributed by atoms with Crippen LogP contribution < -0.4 is 4.90 Å². The highest BCUT2D eigenvalue weighted by molar-refractivity contribution is 7.26. The summed E-state index contributed by atoms with van der Waals surface area (Å²) in [4.78, 5) is 2.47. The van der Waals surface area contributed by atoms with Crippen molar-refractivity contribution in [1.82, 2.24) is 0 Å². The van der Waals surface area contributed by atoms with Crippen molar-refractivity contribution in [3.8, 4) is 33.4 Å². The Balaban J connectivity index is 1.10. The maximum atomic E-state index is 6.72.